The monoisotopic (exact) mass is 349 g/mol. The zero-order valence-corrected chi connectivity index (χ0v) is 16.0. The highest BCUT2D eigenvalue weighted by molar-refractivity contribution is 8.19. The summed E-state index contributed by atoms with van der Waals surface area (Å²) < 4.78 is 0. The molecule has 1 fully saturated rings. The number of carbonyl (C=O) groups excluding carboxylic acids is 1. The molecule has 0 aliphatic carbocycles. The summed E-state index contributed by atoms with van der Waals surface area (Å²) in [7, 11) is 0. The van der Waals surface area contributed by atoms with Gasteiger partial charge in [-0.05, 0) is 46.4 Å². The first-order valence-electron chi connectivity index (χ1n) is 7.52. The van der Waals surface area contributed by atoms with E-state index >= 15 is 0 Å². The molecular formula is C18H23NO2S2. The van der Waals surface area contributed by atoms with Gasteiger partial charge in [0.05, 0.1) is 4.91 Å². The van der Waals surface area contributed by atoms with Crippen molar-refractivity contribution >= 4 is 40.3 Å². The lowest BCUT2D eigenvalue weighted by molar-refractivity contribution is 0.265. The molecule has 0 aromatic heterocycles. The van der Waals surface area contributed by atoms with Gasteiger partial charge in [-0.1, -0.05) is 53.8 Å². The molecule has 0 saturated carbocycles. The third kappa shape index (κ3) is 3.96. The van der Waals surface area contributed by atoms with E-state index in [-0.39, 0.29) is 16.1 Å². The molecule has 1 amide bonds. The number of benzene rings is 1. The largest absolute Gasteiger partial charge is 0.507 e. The zero-order chi connectivity index (χ0) is 17.6. The average molecular weight is 350 g/mol. The topological polar surface area (TPSA) is 49.3 Å². The number of nitrogens with one attached hydrogen (secondary N) is 1. The van der Waals surface area contributed by atoms with Gasteiger partial charge in [0.2, 0.25) is 0 Å². The summed E-state index contributed by atoms with van der Waals surface area (Å²) in [5.74, 6) is 0.350. The van der Waals surface area contributed by atoms with Crippen LogP contribution >= 0.6 is 24.0 Å². The Labute approximate surface area is 147 Å². The van der Waals surface area contributed by atoms with Crippen molar-refractivity contribution in [2.24, 2.45) is 0 Å². The fourth-order valence-electron chi connectivity index (χ4n) is 2.46. The standard InChI is InChI=1S/C18H23NO2S2/c1-17(2,3)11-7-10(8-12(14(11)20)18(4,5)6)9-13-15(22)19-16(21)23-13/h7-9,20H,1-6H3,(H,19,21,22)/b13-9-. The molecule has 2 rings (SSSR count). The van der Waals surface area contributed by atoms with Crippen LogP contribution in [0, 0.1) is 0 Å². The van der Waals surface area contributed by atoms with Crippen molar-refractivity contribution in [3.63, 3.8) is 0 Å². The second-order valence-corrected chi connectivity index (χ2v) is 9.24. The van der Waals surface area contributed by atoms with Crippen molar-refractivity contribution < 1.29 is 9.90 Å². The predicted octanol–water partition coefficient (Wildman–Crippen LogP) is 5.11. The average Bonchev–Trinajstić information content (AvgIpc) is 2.67. The molecule has 0 spiro atoms. The molecule has 2 N–H and O–H groups in total. The first kappa shape index (κ1) is 18.0. The van der Waals surface area contributed by atoms with Crippen LogP contribution in [0.25, 0.3) is 6.08 Å². The number of hydrogen-bond acceptors (Lipinski definition) is 4. The number of thiocarbonyl (C=S) groups is 1. The summed E-state index contributed by atoms with van der Waals surface area (Å²) in [5.41, 5.74) is 2.36. The van der Waals surface area contributed by atoms with E-state index < -0.39 is 0 Å². The zero-order valence-electron chi connectivity index (χ0n) is 14.4. The summed E-state index contributed by atoms with van der Waals surface area (Å²) in [4.78, 5) is 12.7. The van der Waals surface area contributed by atoms with E-state index in [1.807, 2.05) is 18.2 Å². The summed E-state index contributed by atoms with van der Waals surface area (Å²) >= 11 is 6.29. The lowest BCUT2D eigenvalue weighted by Gasteiger charge is -2.28. The van der Waals surface area contributed by atoms with Gasteiger partial charge < -0.3 is 10.4 Å². The third-order valence-corrected chi connectivity index (χ3v) is 4.97. The number of rotatable bonds is 1. The molecule has 1 heterocycles. The minimum absolute atomic E-state index is 0.146. The Hall–Kier alpha value is -1.33. The fraction of sp³-hybridized carbons (Fsp3) is 0.444. The summed E-state index contributed by atoms with van der Waals surface area (Å²) in [6.45, 7) is 12.4. The van der Waals surface area contributed by atoms with Gasteiger partial charge in [-0.25, -0.2) is 0 Å². The van der Waals surface area contributed by atoms with Gasteiger partial charge in [-0.15, -0.1) is 0 Å². The molecule has 1 aliphatic rings. The minimum atomic E-state index is -0.185. The lowest BCUT2D eigenvalue weighted by atomic mass is 9.78. The van der Waals surface area contributed by atoms with Crippen molar-refractivity contribution in [3.05, 3.63) is 33.7 Å². The van der Waals surface area contributed by atoms with Gasteiger partial charge in [0, 0.05) is 11.1 Å². The van der Waals surface area contributed by atoms with E-state index in [0.29, 0.717) is 10.7 Å². The Balaban J connectivity index is 2.64. The second-order valence-electron chi connectivity index (χ2n) is 7.82. The maximum atomic E-state index is 11.4. The van der Waals surface area contributed by atoms with Crippen LogP contribution in [0.1, 0.15) is 58.2 Å². The van der Waals surface area contributed by atoms with Gasteiger partial charge in [-0.2, -0.15) is 0 Å². The number of amides is 1. The van der Waals surface area contributed by atoms with Gasteiger partial charge >= 0.3 is 0 Å². The van der Waals surface area contributed by atoms with Crippen molar-refractivity contribution in [1.29, 1.82) is 0 Å². The molecule has 3 nitrogen and oxygen atoms in total. The van der Waals surface area contributed by atoms with E-state index in [2.05, 4.69) is 46.9 Å². The Morgan fingerprint density at radius 3 is 1.91 bits per heavy atom. The molecule has 0 unspecified atom stereocenters. The second kappa shape index (κ2) is 5.95. The van der Waals surface area contributed by atoms with Gasteiger partial charge in [0.15, 0.2) is 0 Å². The number of aromatic hydroxyl groups is 1. The van der Waals surface area contributed by atoms with Gasteiger partial charge in [-0.3, -0.25) is 4.79 Å². The maximum Gasteiger partial charge on any atom is 0.289 e. The molecule has 5 heteroatoms. The van der Waals surface area contributed by atoms with E-state index in [9.17, 15) is 9.90 Å². The Kier molecular flexibility index (Phi) is 4.66. The Morgan fingerprint density at radius 2 is 1.57 bits per heavy atom. The van der Waals surface area contributed by atoms with Crippen LogP contribution in [0.5, 0.6) is 5.75 Å². The summed E-state index contributed by atoms with van der Waals surface area (Å²) in [6.07, 6.45) is 1.91. The molecule has 1 aromatic rings. The number of phenols is 1. The summed E-state index contributed by atoms with van der Waals surface area (Å²) in [5, 5.41) is 13.2. The van der Waals surface area contributed by atoms with Crippen LogP contribution in [0.3, 0.4) is 0 Å². The van der Waals surface area contributed by atoms with Crippen molar-refractivity contribution in [3.8, 4) is 5.75 Å². The highest BCUT2D eigenvalue weighted by Gasteiger charge is 2.27. The molecule has 0 radical (unpaired) electrons. The van der Waals surface area contributed by atoms with Crippen molar-refractivity contribution in [2.45, 2.75) is 52.4 Å². The molecule has 1 aliphatic heterocycles. The molecule has 0 bridgehead atoms. The highest BCUT2D eigenvalue weighted by Crippen LogP contribution is 2.40. The first-order valence-corrected chi connectivity index (χ1v) is 8.75. The van der Waals surface area contributed by atoms with Gasteiger partial charge in [0.25, 0.3) is 5.24 Å². The van der Waals surface area contributed by atoms with Crippen LogP contribution in [-0.4, -0.2) is 15.3 Å². The Bertz CT molecular complexity index is 672. The summed E-state index contributed by atoms with van der Waals surface area (Å²) in [6, 6.07) is 3.95. The van der Waals surface area contributed by atoms with Crippen molar-refractivity contribution in [2.75, 3.05) is 0 Å². The number of carbonyl (C=O) groups is 1. The van der Waals surface area contributed by atoms with Crippen LogP contribution in [-0.2, 0) is 10.8 Å². The predicted molar refractivity (Wildman–Crippen MR) is 102 cm³/mol. The SMILES string of the molecule is CC(C)(C)c1cc(/C=C2\SC(=O)NC2=S)cc(C(C)(C)C)c1O. The van der Waals surface area contributed by atoms with E-state index in [1.165, 1.54) is 0 Å². The molecule has 1 saturated heterocycles. The minimum Gasteiger partial charge on any atom is -0.507 e. The van der Waals surface area contributed by atoms with Crippen LogP contribution in [0.4, 0.5) is 4.79 Å². The smallest absolute Gasteiger partial charge is 0.289 e. The molecule has 124 valence electrons. The molecule has 1 aromatic carbocycles. The van der Waals surface area contributed by atoms with Crippen LogP contribution in [0.2, 0.25) is 0 Å². The molecule has 0 atom stereocenters. The number of hydrogen-bond donors (Lipinski definition) is 2. The third-order valence-electron chi connectivity index (χ3n) is 3.69. The van der Waals surface area contributed by atoms with E-state index in [4.69, 9.17) is 12.2 Å². The quantitative estimate of drug-likeness (QED) is 0.546. The fourth-order valence-corrected chi connectivity index (χ4v) is 3.49. The number of phenolic OH excluding ortho intramolecular Hbond substituents is 1. The van der Waals surface area contributed by atoms with Crippen LogP contribution in [0.15, 0.2) is 17.0 Å². The Morgan fingerprint density at radius 1 is 1.09 bits per heavy atom. The molecule has 23 heavy (non-hydrogen) atoms. The van der Waals surface area contributed by atoms with Crippen LogP contribution < -0.4 is 5.32 Å². The normalized spacial score (nSPS) is 17.7. The van der Waals surface area contributed by atoms with E-state index in [1.54, 1.807) is 0 Å². The maximum absolute atomic E-state index is 11.4. The highest BCUT2D eigenvalue weighted by atomic mass is 32.2. The van der Waals surface area contributed by atoms with Gasteiger partial charge in [0.1, 0.15) is 10.7 Å². The number of thioether (sulfide) groups is 1. The van der Waals surface area contributed by atoms with E-state index in [0.717, 1.165) is 33.4 Å². The lowest BCUT2D eigenvalue weighted by Crippen LogP contribution is -2.17. The first-order chi connectivity index (χ1) is 10.4. The van der Waals surface area contributed by atoms with Crippen molar-refractivity contribution in [1.82, 2.24) is 5.32 Å². The molecular weight excluding hydrogens is 326 g/mol.